The summed E-state index contributed by atoms with van der Waals surface area (Å²) in [5, 5.41) is 10.9. The lowest BCUT2D eigenvalue weighted by molar-refractivity contribution is 0.0690. The molecule has 3 aromatic carbocycles. The summed E-state index contributed by atoms with van der Waals surface area (Å²) >= 11 is 0. The van der Waals surface area contributed by atoms with Crippen LogP contribution in [0.2, 0.25) is 0 Å². The summed E-state index contributed by atoms with van der Waals surface area (Å²) in [6, 6.07) is 20.8. The highest BCUT2D eigenvalue weighted by Crippen LogP contribution is 2.34. The molecule has 0 radical (unpaired) electrons. The van der Waals surface area contributed by atoms with Crippen LogP contribution in [0.4, 0.5) is 0 Å². The Kier molecular flexibility index (Phi) is 6.89. The highest BCUT2D eigenvalue weighted by atomic mass is 16.5. The molecule has 1 heterocycles. The predicted molar refractivity (Wildman–Crippen MR) is 142 cm³/mol. The first kappa shape index (κ1) is 23.2. The topological polar surface area (TPSA) is 62.3 Å². The number of hydrogen-bond acceptors (Lipinski definition) is 2. The van der Waals surface area contributed by atoms with E-state index in [2.05, 4.69) is 48.3 Å². The molecule has 0 unspecified atom stereocenters. The van der Waals surface area contributed by atoms with Crippen LogP contribution in [0.25, 0.3) is 22.0 Å². The van der Waals surface area contributed by atoms with Crippen LogP contribution < -0.4 is 4.74 Å². The Hall–Kier alpha value is -3.53. The van der Waals surface area contributed by atoms with Gasteiger partial charge in [0.25, 0.3) is 0 Å². The molecule has 4 aromatic rings. The quantitative estimate of drug-likeness (QED) is 0.250. The lowest BCUT2D eigenvalue weighted by Crippen LogP contribution is -2.07. The number of carbonyl (C=O) groups is 1. The molecule has 4 nitrogen and oxygen atoms in total. The zero-order valence-corrected chi connectivity index (χ0v) is 20.4. The molecule has 1 aliphatic rings. The van der Waals surface area contributed by atoms with Gasteiger partial charge in [0, 0.05) is 10.9 Å². The Labute approximate surface area is 207 Å². The van der Waals surface area contributed by atoms with E-state index in [1.165, 1.54) is 29.5 Å². The summed E-state index contributed by atoms with van der Waals surface area (Å²) in [7, 11) is 0. The van der Waals surface area contributed by atoms with Crippen LogP contribution in [0.15, 0.2) is 60.7 Å². The molecule has 1 aromatic heterocycles. The summed E-state index contributed by atoms with van der Waals surface area (Å²) in [6.45, 7) is 2.79. The van der Waals surface area contributed by atoms with Gasteiger partial charge >= 0.3 is 5.97 Å². The normalized spacial score (nSPS) is 13.1. The zero-order chi connectivity index (χ0) is 24.2. The van der Waals surface area contributed by atoms with E-state index in [9.17, 15) is 9.90 Å². The fraction of sp³-hybridized carbons (Fsp3) is 0.323. The molecule has 0 bridgehead atoms. The number of aromatic amines is 1. The molecule has 0 spiro atoms. The van der Waals surface area contributed by atoms with E-state index in [0.29, 0.717) is 12.3 Å². The van der Waals surface area contributed by atoms with Crippen molar-refractivity contribution in [2.75, 3.05) is 6.61 Å². The van der Waals surface area contributed by atoms with Gasteiger partial charge in [-0.15, -0.1) is 0 Å². The number of aryl methyl sites for hydroxylation is 3. The van der Waals surface area contributed by atoms with Crippen molar-refractivity contribution >= 4 is 16.9 Å². The van der Waals surface area contributed by atoms with Gasteiger partial charge in [-0.1, -0.05) is 54.6 Å². The average Bonchev–Trinajstić information content (AvgIpc) is 3.26. The Morgan fingerprint density at radius 1 is 0.914 bits per heavy atom. The number of fused-ring (bicyclic) bond motifs is 2. The second-order valence-electron chi connectivity index (χ2n) is 9.59. The van der Waals surface area contributed by atoms with Crippen LogP contribution in [0, 0.1) is 6.92 Å². The first-order valence-electron chi connectivity index (χ1n) is 12.8. The fourth-order valence-corrected chi connectivity index (χ4v) is 5.46. The molecule has 180 valence electrons. The zero-order valence-electron chi connectivity index (χ0n) is 20.4. The van der Waals surface area contributed by atoms with Crippen molar-refractivity contribution in [3.05, 3.63) is 88.6 Å². The summed E-state index contributed by atoms with van der Waals surface area (Å²) in [6.07, 6.45) is 8.42. The number of aromatic nitrogens is 1. The Bertz CT molecular complexity index is 1350. The maximum Gasteiger partial charge on any atom is 0.352 e. The van der Waals surface area contributed by atoms with E-state index in [0.717, 1.165) is 71.9 Å². The van der Waals surface area contributed by atoms with Gasteiger partial charge in [-0.05, 0) is 92.2 Å². The van der Waals surface area contributed by atoms with Crippen molar-refractivity contribution in [3.63, 3.8) is 0 Å². The van der Waals surface area contributed by atoms with Crippen LogP contribution in [-0.4, -0.2) is 22.7 Å². The number of H-pyrrole nitrogens is 1. The molecule has 0 amide bonds. The molecule has 4 heteroatoms. The number of benzene rings is 3. The van der Waals surface area contributed by atoms with Gasteiger partial charge in [0.15, 0.2) is 0 Å². The summed E-state index contributed by atoms with van der Waals surface area (Å²) in [5.74, 6) is 0.153. The second-order valence-corrected chi connectivity index (χ2v) is 9.59. The molecule has 0 atom stereocenters. The third-order valence-corrected chi connectivity index (χ3v) is 7.27. The van der Waals surface area contributed by atoms with Crippen LogP contribution in [0.5, 0.6) is 5.75 Å². The number of rotatable bonds is 9. The van der Waals surface area contributed by atoms with Gasteiger partial charge in [-0.2, -0.15) is 0 Å². The van der Waals surface area contributed by atoms with Gasteiger partial charge in [0.2, 0.25) is 0 Å². The van der Waals surface area contributed by atoms with E-state index in [1.807, 2.05) is 24.3 Å². The summed E-state index contributed by atoms with van der Waals surface area (Å²) in [4.78, 5) is 15.3. The lowest BCUT2D eigenvalue weighted by Gasteiger charge is -2.19. The van der Waals surface area contributed by atoms with Crippen molar-refractivity contribution in [2.24, 2.45) is 0 Å². The van der Waals surface area contributed by atoms with Crippen LogP contribution in [0.3, 0.4) is 0 Å². The Balaban J connectivity index is 1.26. The minimum absolute atomic E-state index is 0.313. The monoisotopic (exact) mass is 467 g/mol. The largest absolute Gasteiger partial charge is 0.493 e. The van der Waals surface area contributed by atoms with E-state index in [1.54, 1.807) is 0 Å². The minimum Gasteiger partial charge on any atom is -0.493 e. The molecule has 0 aliphatic heterocycles. The predicted octanol–water partition coefficient (Wildman–Crippen LogP) is 7.51. The average molecular weight is 468 g/mol. The molecule has 0 saturated carbocycles. The molecule has 5 rings (SSSR count). The molecule has 0 saturated heterocycles. The first-order chi connectivity index (χ1) is 17.1. The van der Waals surface area contributed by atoms with E-state index in [-0.39, 0.29) is 0 Å². The number of ether oxygens (including phenoxy) is 1. The highest BCUT2D eigenvalue weighted by molar-refractivity contribution is 6.03. The maximum absolute atomic E-state index is 12.1. The van der Waals surface area contributed by atoms with Gasteiger partial charge in [0.1, 0.15) is 11.4 Å². The number of hydrogen-bond donors (Lipinski definition) is 2. The molecular weight excluding hydrogens is 434 g/mol. The second kappa shape index (κ2) is 10.4. The number of unbranched alkanes of at least 4 members (excludes halogenated alkanes) is 2. The number of aromatic carboxylic acids is 1. The van der Waals surface area contributed by atoms with Crippen molar-refractivity contribution in [3.8, 4) is 16.9 Å². The number of carboxylic acids is 1. The van der Waals surface area contributed by atoms with Crippen LogP contribution in [0.1, 0.15) is 64.8 Å². The number of carboxylic acid groups (broad SMARTS) is 1. The minimum atomic E-state index is -0.899. The molecule has 0 fully saturated rings. The van der Waals surface area contributed by atoms with Gasteiger partial charge in [-0.3, -0.25) is 0 Å². The van der Waals surface area contributed by atoms with E-state index < -0.39 is 5.97 Å². The summed E-state index contributed by atoms with van der Waals surface area (Å²) < 4.78 is 6.15. The summed E-state index contributed by atoms with van der Waals surface area (Å²) in [5.41, 5.74) is 8.32. The van der Waals surface area contributed by atoms with E-state index in [4.69, 9.17) is 4.74 Å². The van der Waals surface area contributed by atoms with Crippen molar-refractivity contribution in [2.45, 2.75) is 58.3 Å². The van der Waals surface area contributed by atoms with Crippen molar-refractivity contribution < 1.29 is 14.6 Å². The SMILES string of the molecule is Cc1ccccc1-c1cccc2c(CCCCCOc3cccc4c3CCCC4)c(C(=O)O)[nH]c12. The van der Waals surface area contributed by atoms with Gasteiger partial charge in [-0.25, -0.2) is 4.79 Å². The maximum atomic E-state index is 12.1. The van der Waals surface area contributed by atoms with Gasteiger partial charge < -0.3 is 14.8 Å². The van der Waals surface area contributed by atoms with E-state index >= 15 is 0 Å². The number of nitrogens with one attached hydrogen (secondary N) is 1. The smallest absolute Gasteiger partial charge is 0.352 e. The first-order valence-corrected chi connectivity index (χ1v) is 12.8. The van der Waals surface area contributed by atoms with Crippen molar-refractivity contribution in [1.82, 2.24) is 4.98 Å². The lowest BCUT2D eigenvalue weighted by atomic mass is 9.91. The molecule has 2 N–H and O–H groups in total. The van der Waals surface area contributed by atoms with Crippen LogP contribution in [-0.2, 0) is 19.3 Å². The number of para-hydroxylation sites is 1. The Morgan fingerprint density at radius 2 is 1.71 bits per heavy atom. The van der Waals surface area contributed by atoms with Gasteiger partial charge in [0.05, 0.1) is 12.1 Å². The van der Waals surface area contributed by atoms with Crippen LogP contribution >= 0.6 is 0 Å². The molecular formula is C31H33NO3. The standard InChI is InChI=1S/C31H33NO3/c1-21-11-4-6-14-23(21)25-17-10-18-26-27(30(31(33)34)32-29(25)26)16-3-2-8-20-35-28-19-9-13-22-12-5-7-15-24(22)28/h4,6,9-11,13-14,17-19,32H,2-3,5,7-8,12,15-16,20H2,1H3,(H,33,34). The van der Waals surface area contributed by atoms with Crippen molar-refractivity contribution in [1.29, 1.82) is 0 Å². The molecule has 35 heavy (non-hydrogen) atoms. The molecule has 1 aliphatic carbocycles. The highest BCUT2D eigenvalue weighted by Gasteiger charge is 2.19. The third kappa shape index (κ3) is 4.84. The third-order valence-electron chi connectivity index (χ3n) is 7.27. The Morgan fingerprint density at radius 3 is 2.57 bits per heavy atom. The fourth-order valence-electron chi connectivity index (χ4n) is 5.46.